The molecule has 1 N–H and O–H groups in total. The van der Waals surface area contributed by atoms with Crippen LogP contribution in [0.15, 0.2) is 24.3 Å². The lowest BCUT2D eigenvalue weighted by atomic mass is 10.3. The van der Waals surface area contributed by atoms with E-state index in [0.29, 0.717) is 13.2 Å². The van der Waals surface area contributed by atoms with Gasteiger partial charge in [0, 0.05) is 12.6 Å². The molecule has 102 valence electrons. The molecule has 6 heteroatoms. The third-order valence-electron chi connectivity index (χ3n) is 2.27. The van der Waals surface area contributed by atoms with Gasteiger partial charge in [-0.3, -0.25) is 0 Å². The van der Waals surface area contributed by atoms with Gasteiger partial charge < -0.3 is 14.8 Å². The molecule has 2 rings (SSSR count). The second-order valence-corrected chi connectivity index (χ2v) is 4.79. The minimum atomic E-state index is 0.415. The summed E-state index contributed by atoms with van der Waals surface area (Å²) >= 11 is 1.50. The summed E-state index contributed by atoms with van der Waals surface area (Å²) in [6.07, 6.45) is 0. The van der Waals surface area contributed by atoms with Crippen LogP contribution in [0, 0.1) is 0 Å². The summed E-state index contributed by atoms with van der Waals surface area (Å²) in [4.78, 5) is 0. The van der Waals surface area contributed by atoms with Crippen molar-refractivity contribution in [3.05, 3.63) is 29.3 Å². The van der Waals surface area contributed by atoms with Crippen molar-refractivity contribution in [2.24, 2.45) is 0 Å². The summed E-state index contributed by atoms with van der Waals surface area (Å²) in [5.41, 5.74) is 0. The van der Waals surface area contributed by atoms with E-state index in [1.165, 1.54) is 11.3 Å². The molecule has 0 amide bonds. The first-order valence-corrected chi connectivity index (χ1v) is 7.05. The summed E-state index contributed by atoms with van der Waals surface area (Å²) in [6, 6.07) is 7.58. The van der Waals surface area contributed by atoms with E-state index in [9.17, 15) is 0 Å². The Bertz CT molecular complexity index is 516. The lowest BCUT2D eigenvalue weighted by molar-refractivity contribution is 0.298. The summed E-state index contributed by atoms with van der Waals surface area (Å²) in [7, 11) is 0. The molecule has 0 aliphatic rings. The van der Waals surface area contributed by atoms with E-state index >= 15 is 0 Å². The molecule has 0 atom stereocenters. The average Bonchev–Trinajstić information content (AvgIpc) is 2.86. The van der Waals surface area contributed by atoms with Gasteiger partial charge >= 0.3 is 0 Å². The quantitative estimate of drug-likeness (QED) is 0.844. The minimum Gasteiger partial charge on any atom is -0.494 e. The maximum absolute atomic E-state index is 5.67. The fourth-order valence-electron chi connectivity index (χ4n) is 1.50. The number of hydrogen-bond acceptors (Lipinski definition) is 6. The molecule has 2 aromatic rings. The first kappa shape index (κ1) is 13.6. The van der Waals surface area contributed by atoms with Gasteiger partial charge in [-0.05, 0) is 26.0 Å². The van der Waals surface area contributed by atoms with Crippen molar-refractivity contribution >= 4 is 16.5 Å². The highest BCUT2D eigenvalue weighted by atomic mass is 32.1. The van der Waals surface area contributed by atoms with E-state index in [1.807, 2.05) is 38.1 Å². The molecular weight excluding hydrogens is 262 g/mol. The zero-order valence-corrected chi connectivity index (χ0v) is 11.9. The van der Waals surface area contributed by atoms with Gasteiger partial charge in [0.15, 0.2) is 5.01 Å². The Labute approximate surface area is 116 Å². The van der Waals surface area contributed by atoms with Crippen LogP contribution in [0.2, 0.25) is 0 Å². The zero-order chi connectivity index (χ0) is 13.5. The molecule has 1 aromatic heterocycles. The van der Waals surface area contributed by atoms with Crippen molar-refractivity contribution in [3.63, 3.8) is 0 Å². The van der Waals surface area contributed by atoms with Gasteiger partial charge in [0.1, 0.15) is 18.1 Å². The lowest BCUT2D eigenvalue weighted by Crippen LogP contribution is -1.96. The van der Waals surface area contributed by atoms with E-state index in [1.54, 1.807) is 0 Å². The number of rotatable bonds is 7. The topological polar surface area (TPSA) is 56.3 Å². The van der Waals surface area contributed by atoms with Crippen LogP contribution in [0.5, 0.6) is 11.5 Å². The molecule has 0 fully saturated rings. The number of anilines is 1. The number of ether oxygens (including phenoxy) is 2. The Morgan fingerprint density at radius 1 is 1.16 bits per heavy atom. The van der Waals surface area contributed by atoms with E-state index in [-0.39, 0.29) is 0 Å². The van der Waals surface area contributed by atoms with Crippen LogP contribution in [0.1, 0.15) is 18.9 Å². The monoisotopic (exact) mass is 279 g/mol. The van der Waals surface area contributed by atoms with Crippen molar-refractivity contribution in [1.29, 1.82) is 0 Å². The maximum Gasteiger partial charge on any atom is 0.205 e. The molecule has 0 saturated carbocycles. The van der Waals surface area contributed by atoms with Gasteiger partial charge in [0.2, 0.25) is 5.13 Å². The maximum atomic E-state index is 5.67. The summed E-state index contributed by atoms with van der Waals surface area (Å²) < 4.78 is 11.1. The van der Waals surface area contributed by atoms with Crippen LogP contribution in [0.4, 0.5) is 5.13 Å². The number of nitrogens with one attached hydrogen (secondary N) is 1. The molecule has 19 heavy (non-hydrogen) atoms. The largest absolute Gasteiger partial charge is 0.494 e. The molecule has 0 spiro atoms. The molecule has 1 aromatic carbocycles. The SMILES string of the molecule is CCNc1nnc(COc2cccc(OCC)c2)s1. The Balaban J connectivity index is 1.91. The summed E-state index contributed by atoms with van der Waals surface area (Å²) in [5, 5.41) is 12.9. The van der Waals surface area contributed by atoms with E-state index in [2.05, 4.69) is 15.5 Å². The number of aromatic nitrogens is 2. The van der Waals surface area contributed by atoms with Crippen LogP contribution in [0.25, 0.3) is 0 Å². The van der Waals surface area contributed by atoms with Gasteiger partial charge in [-0.1, -0.05) is 17.4 Å². The summed E-state index contributed by atoms with van der Waals surface area (Å²) in [5.74, 6) is 1.58. The van der Waals surface area contributed by atoms with Crippen molar-refractivity contribution in [2.75, 3.05) is 18.5 Å². The Hall–Kier alpha value is -1.82. The summed E-state index contributed by atoms with van der Waals surface area (Å²) in [6.45, 7) is 5.88. The number of nitrogens with zero attached hydrogens (tertiary/aromatic N) is 2. The number of benzene rings is 1. The molecule has 0 saturated heterocycles. The Morgan fingerprint density at radius 2 is 1.95 bits per heavy atom. The molecular formula is C13H17N3O2S. The van der Waals surface area contributed by atoms with Gasteiger partial charge in [-0.2, -0.15) is 0 Å². The Kier molecular flexibility index (Phi) is 4.97. The normalized spacial score (nSPS) is 10.2. The zero-order valence-electron chi connectivity index (χ0n) is 11.0. The predicted molar refractivity (Wildman–Crippen MR) is 76.0 cm³/mol. The first-order chi connectivity index (χ1) is 9.31. The fraction of sp³-hybridized carbons (Fsp3) is 0.385. The van der Waals surface area contributed by atoms with Gasteiger partial charge in [-0.15, -0.1) is 10.2 Å². The highest BCUT2D eigenvalue weighted by Gasteiger charge is 2.04. The van der Waals surface area contributed by atoms with Gasteiger partial charge in [0.25, 0.3) is 0 Å². The molecule has 0 bridgehead atoms. The number of hydrogen-bond donors (Lipinski definition) is 1. The second-order valence-electron chi connectivity index (χ2n) is 3.73. The van der Waals surface area contributed by atoms with E-state index < -0.39 is 0 Å². The van der Waals surface area contributed by atoms with Crippen LogP contribution >= 0.6 is 11.3 Å². The second kappa shape index (κ2) is 6.94. The van der Waals surface area contributed by atoms with Crippen molar-refractivity contribution < 1.29 is 9.47 Å². The smallest absolute Gasteiger partial charge is 0.205 e. The first-order valence-electron chi connectivity index (χ1n) is 6.23. The molecule has 0 aliphatic carbocycles. The predicted octanol–water partition coefficient (Wildman–Crippen LogP) is 2.95. The molecule has 1 heterocycles. The van der Waals surface area contributed by atoms with Gasteiger partial charge in [-0.25, -0.2) is 0 Å². The van der Waals surface area contributed by atoms with Crippen LogP contribution in [0.3, 0.4) is 0 Å². The van der Waals surface area contributed by atoms with Gasteiger partial charge in [0.05, 0.1) is 6.61 Å². The highest BCUT2D eigenvalue weighted by Crippen LogP contribution is 2.22. The third-order valence-corrected chi connectivity index (χ3v) is 3.13. The van der Waals surface area contributed by atoms with Crippen LogP contribution < -0.4 is 14.8 Å². The van der Waals surface area contributed by atoms with E-state index in [0.717, 1.165) is 28.2 Å². The van der Waals surface area contributed by atoms with Crippen LogP contribution in [-0.2, 0) is 6.61 Å². The van der Waals surface area contributed by atoms with Crippen molar-refractivity contribution in [2.45, 2.75) is 20.5 Å². The molecule has 0 unspecified atom stereocenters. The highest BCUT2D eigenvalue weighted by molar-refractivity contribution is 7.15. The van der Waals surface area contributed by atoms with Crippen LogP contribution in [-0.4, -0.2) is 23.3 Å². The molecule has 0 aliphatic heterocycles. The van der Waals surface area contributed by atoms with E-state index in [4.69, 9.17) is 9.47 Å². The fourth-order valence-corrected chi connectivity index (χ4v) is 2.22. The average molecular weight is 279 g/mol. The molecule has 0 radical (unpaired) electrons. The third kappa shape index (κ3) is 4.10. The standard InChI is InChI=1S/C13H17N3O2S/c1-3-14-13-16-15-12(19-13)9-18-11-7-5-6-10(8-11)17-4-2/h5-8H,3-4,9H2,1-2H3,(H,14,16). The van der Waals surface area contributed by atoms with Crippen molar-refractivity contribution in [3.8, 4) is 11.5 Å². The van der Waals surface area contributed by atoms with Crippen molar-refractivity contribution in [1.82, 2.24) is 10.2 Å². The minimum absolute atomic E-state index is 0.415. The Morgan fingerprint density at radius 3 is 2.68 bits per heavy atom. The lowest BCUT2D eigenvalue weighted by Gasteiger charge is -2.06. The molecule has 5 nitrogen and oxygen atoms in total.